The molecule has 2 aromatic heterocycles. The van der Waals surface area contributed by atoms with Crippen LogP contribution in [-0.2, 0) is 10.2 Å². The molecule has 0 saturated carbocycles. The molecular formula is C22H26FN5O4S. The van der Waals surface area contributed by atoms with E-state index in [0.29, 0.717) is 11.3 Å². The van der Waals surface area contributed by atoms with Crippen molar-refractivity contribution < 1.29 is 22.3 Å². The number of hydrogen-bond donors (Lipinski definition) is 1. The topological polar surface area (TPSA) is 96.2 Å². The normalized spacial score (nSPS) is 16.5. The summed E-state index contributed by atoms with van der Waals surface area (Å²) in [6, 6.07) is 8.05. The zero-order valence-electron chi connectivity index (χ0n) is 18.7. The third kappa shape index (κ3) is 4.38. The first-order valence-electron chi connectivity index (χ1n) is 10.6. The van der Waals surface area contributed by atoms with Gasteiger partial charge in [0.15, 0.2) is 0 Å². The molecular weight excluding hydrogens is 449 g/mol. The van der Waals surface area contributed by atoms with Crippen LogP contribution in [0.5, 0.6) is 5.75 Å². The van der Waals surface area contributed by atoms with Crippen LogP contribution in [0.3, 0.4) is 0 Å². The Morgan fingerprint density at radius 2 is 2.12 bits per heavy atom. The summed E-state index contributed by atoms with van der Waals surface area (Å²) in [6.45, 7) is 2.64. The van der Waals surface area contributed by atoms with E-state index in [1.165, 1.54) is 29.9 Å². The average Bonchev–Trinajstić information content (AvgIpc) is 3.44. The first-order valence-corrected chi connectivity index (χ1v) is 12.0. The number of methoxy groups -OCH3 is 1. The minimum atomic E-state index is -3.95. The van der Waals surface area contributed by atoms with Crippen molar-refractivity contribution in [2.45, 2.75) is 25.8 Å². The molecule has 0 bridgehead atoms. The zero-order chi connectivity index (χ0) is 23.8. The number of ether oxygens (including phenoxy) is 1. The summed E-state index contributed by atoms with van der Waals surface area (Å²) < 4.78 is 48.7. The molecule has 4 rings (SSSR count). The minimum absolute atomic E-state index is 0.100. The molecule has 1 aromatic carbocycles. The number of rotatable bonds is 7. The van der Waals surface area contributed by atoms with Gasteiger partial charge < -0.3 is 9.64 Å². The summed E-state index contributed by atoms with van der Waals surface area (Å²) in [5.74, 6) is -0.475. The summed E-state index contributed by atoms with van der Waals surface area (Å²) in [5, 5.41) is 4.18. The number of carbonyl (C=O) groups is 1. The van der Waals surface area contributed by atoms with Crippen molar-refractivity contribution >= 4 is 27.3 Å². The highest BCUT2D eigenvalue weighted by Crippen LogP contribution is 2.40. The van der Waals surface area contributed by atoms with Crippen molar-refractivity contribution in [3.63, 3.8) is 0 Å². The van der Waals surface area contributed by atoms with Gasteiger partial charge in [0.05, 0.1) is 30.4 Å². The molecule has 176 valence electrons. The fraction of sp³-hybridized carbons (Fsp3) is 0.364. The van der Waals surface area contributed by atoms with Crippen LogP contribution in [0.4, 0.5) is 10.1 Å². The molecule has 1 fully saturated rings. The Labute approximate surface area is 191 Å². The number of anilines is 1. The zero-order valence-corrected chi connectivity index (χ0v) is 19.5. The Kier molecular flexibility index (Phi) is 6.26. The summed E-state index contributed by atoms with van der Waals surface area (Å²) in [7, 11) is -1.00. The summed E-state index contributed by atoms with van der Waals surface area (Å²) >= 11 is 0. The van der Waals surface area contributed by atoms with E-state index in [2.05, 4.69) is 14.7 Å². The van der Waals surface area contributed by atoms with E-state index in [0.717, 1.165) is 34.9 Å². The van der Waals surface area contributed by atoms with Crippen molar-refractivity contribution in [2.24, 2.45) is 0 Å². The Morgan fingerprint density at radius 1 is 1.33 bits per heavy atom. The van der Waals surface area contributed by atoms with Crippen LogP contribution in [0.1, 0.15) is 41.7 Å². The third-order valence-electron chi connectivity index (χ3n) is 5.96. The predicted octanol–water partition coefficient (Wildman–Crippen LogP) is 2.75. The third-order valence-corrected chi connectivity index (χ3v) is 7.48. The van der Waals surface area contributed by atoms with Gasteiger partial charge in [-0.15, -0.1) is 0 Å². The van der Waals surface area contributed by atoms with E-state index in [1.807, 2.05) is 6.07 Å². The second kappa shape index (κ2) is 8.99. The van der Waals surface area contributed by atoms with Gasteiger partial charge >= 0.3 is 10.2 Å². The summed E-state index contributed by atoms with van der Waals surface area (Å²) in [6.07, 6.45) is 4.78. The van der Waals surface area contributed by atoms with Gasteiger partial charge in [-0.05, 0) is 43.2 Å². The van der Waals surface area contributed by atoms with Gasteiger partial charge in [-0.3, -0.25) is 4.79 Å². The molecule has 1 atom stereocenters. The highest BCUT2D eigenvalue weighted by Gasteiger charge is 2.30. The molecule has 0 spiro atoms. The van der Waals surface area contributed by atoms with E-state index in [-0.39, 0.29) is 24.0 Å². The molecule has 3 aromatic rings. The van der Waals surface area contributed by atoms with Crippen molar-refractivity contribution in [1.82, 2.24) is 18.6 Å². The number of carbonyl (C=O) groups excluding carboxylic acids is 1. The van der Waals surface area contributed by atoms with Gasteiger partial charge in [0.25, 0.3) is 5.91 Å². The van der Waals surface area contributed by atoms with Gasteiger partial charge in [0, 0.05) is 37.6 Å². The van der Waals surface area contributed by atoms with Crippen LogP contribution in [0.2, 0.25) is 0 Å². The maximum absolute atomic E-state index is 14.0. The van der Waals surface area contributed by atoms with E-state index in [1.54, 1.807) is 32.4 Å². The Hall–Kier alpha value is -3.18. The molecule has 9 nitrogen and oxygen atoms in total. The average molecular weight is 476 g/mol. The molecule has 33 heavy (non-hydrogen) atoms. The molecule has 11 heteroatoms. The number of halogens is 1. The summed E-state index contributed by atoms with van der Waals surface area (Å²) in [4.78, 5) is 14.9. The van der Waals surface area contributed by atoms with Gasteiger partial charge in [-0.1, -0.05) is 6.92 Å². The maximum Gasteiger partial charge on any atom is 0.303 e. The monoisotopic (exact) mass is 475 g/mol. The van der Waals surface area contributed by atoms with E-state index < -0.39 is 16.1 Å². The first kappa shape index (κ1) is 23.0. The van der Waals surface area contributed by atoms with Crippen LogP contribution >= 0.6 is 0 Å². The van der Waals surface area contributed by atoms with E-state index in [4.69, 9.17) is 4.74 Å². The molecule has 1 N–H and O–H groups in total. The lowest BCUT2D eigenvalue weighted by atomic mass is 10.0. The standard InChI is InChI=1S/C22H26FN5O4S/c1-4-26(2)33(30,31)25-22(29)18-14-24-28-11-9-16(13-20(18)28)27-10-5-6-19(27)17-12-15(23)7-8-21(17)32-3/h7-9,11-14,19H,4-6,10H2,1-3H3,(H,25,29)/t19-/m1/s1. The molecule has 1 amide bonds. The number of amides is 1. The smallest absolute Gasteiger partial charge is 0.303 e. The number of fused-ring (bicyclic) bond motifs is 1. The molecule has 0 unspecified atom stereocenters. The second-order valence-electron chi connectivity index (χ2n) is 7.86. The quantitative estimate of drug-likeness (QED) is 0.565. The first-order chi connectivity index (χ1) is 15.7. The highest BCUT2D eigenvalue weighted by atomic mass is 32.2. The lowest BCUT2D eigenvalue weighted by molar-refractivity contribution is 0.0981. The van der Waals surface area contributed by atoms with Crippen LogP contribution < -0.4 is 14.4 Å². The molecule has 0 aliphatic carbocycles. The maximum atomic E-state index is 14.0. The highest BCUT2D eigenvalue weighted by molar-refractivity contribution is 7.87. The molecule has 0 radical (unpaired) electrons. The van der Waals surface area contributed by atoms with Crippen LogP contribution in [0.15, 0.2) is 42.7 Å². The molecule has 3 heterocycles. The molecule has 1 saturated heterocycles. The van der Waals surface area contributed by atoms with Gasteiger partial charge in [-0.25, -0.2) is 13.6 Å². The lowest BCUT2D eigenvalue weighted by Crippen LogP contribution is -2.41. The number of nitrogens with one attached hydrogen (secondary N) is 1. The second-order valence-corrected chi connectivity index (χ2v) is 9.64. The number of aromatic nitrogens is 2. The minimum Gasteiger partial charge on any atom is -0.496 e. The lowest BCUT2D eigenvalue weighted by Gasteiger charge is -2.28. The van der Waals surface area contributed by atoms with E-state index >= 15 is 0 Å². The van der Waals surface area contributed by atoms with Crippen molar-refractivity contribution in [3.05, 3.63) is 59.7 Å². The Morgan fingerprint density at radius 3 is 2.85 bits per heavy atom. The SMILES string of the molecule is CCN(C)S(=O)(=O)NC(=O)c1cnn2ccc(N3CCC[C@@H]3c3cc(F)ccc3OC)cc12. The van der Waals surface area contributed by atoms with Crippen molar-refractivity contribution in [2.75, 3.05) is 32.1 Å². The number of benzene rings is 1. The van der Waals surface area contributed by atoms with Gasteiger partial charge in [0.1, 0.15) is 11.6 Å². The summed E-state index contributed by atoms with van der Waals surface area (Å²) in [5.41, 5.74) is 2.19. The fourth-order valence-electron chi connectivity index (χ4n) is 4.11. The fourth-order valence-corrected chi connectivity index (χ4v) is 4.95. The van der Waals surface area contributed by atoms with Crippen LogP contribution in [0.25, 0.3) is 5.52 Å². The largest absolute Gasteiger partial charge is 0.496 e. The van der Waals surface area contributed by atoms with Gasteiger partial charge in [-0.2, -0.15) is 17.8 Å². The Bertz CT molecular complexity index is 1290. The number of nitrogens with zero attached hydrogens (tertiary/aromatic N) is 4. The van der Waals surface area contributed by atoms with Gasteiger partial charge in [0.2, 0.25) is 0 Å². The number of hydrogen-bond acceptors (Lipinski definition) is 6. The molecule has 1 aliphatic rings. The van der Waals surface area contributed by atoms with Crippen LogP contribution in [-0.4, -0.2) is 55.5 Å². The Balaban J connectivity index is 1.69. The predicted molar refractivity (Wildman–Crippen MR) is 122 cm³/mol. The molecule has 1 aliphatic heterocycles. The number of pyridine rings is 1. The van der Waals surface area contributed by atoms with Crippen molar-refractivity contribution in [1.29, 1.82) is 0 Å². The van der Waals surface area contributed by atoms with Crippen LogP contribution in [0, 0.1) is 5.82 Å². The van der Waals surface area contributed by atoms with Crippen molar-refractivity contribution in [3.8, 4) is 5.75 Å². The van der Waals surface area contributed by atoms with E-state index in [9.17, 15) is 17.6 Å².